The number of rotatable bonds is 6. The molecule has 7 heteroatoms. The second-order valence-electron chi connectivity index (χ2n) is 7.84. The fraction of sp³-hybridized carbons (Fsp3) is 0.280. The van der Waals surface area contributed by atoms with Gasteiger partial charge >= 0.3 is 5.97 Å². The Morgan fingerprint density at radius 2 is 2.12 bits per heavy atom. The average Bonchev–Trinajstić information content (AvgIpc) is 3.41. The molecular weight excluding hydrogens is 413 g/mol. The third-order valence-corrected chi connectivity index (χ3v) is 5.88. The van der Waals surface area contributed by atoms with Gasteiger partial charge in [-0.3, -0.25) is 4.79 Å². The van der Waals surface area contributed by atoms with Crippen LogP contribution in [0.5, 0.6) is 23.1 Å². The Labute approximate surface area is 184 Å². The summed E-state index contributed by atoms with van der Waals surface area (Å²) in [6, 6.07) is 14.0. The van der Waals surface area contributed by atoms with Crippen molar-refractivity contribution in [1.82, 2.24) is 4.98 Å². The molecule has 164 valence electrons. The van der Waals surface area contributed by atoms with Gasteiger partial charge in [-0.25, -0.2) is 9.37 Å². The number of halogens is 1. The highest BCUT2D eigenvalue weighted by Crippen LogP contribution is 2.44. The topological polar surface area (TPSA) is 66.9 Å². The van der Waals surface area contributed by atoms with Crippen LogP contribution in [0.2, 0.25) is 0 Å². The second-order valence-corrected chi connectivity index (χ2v) is 7.84. The van der Waals surface area contributed by atoms with E-state index in [1.54, 1.807) is 24.4 Å². The first-order valence-electron chi connectivity index (χ1n) is 10.5. The van der Waals surface area contributed by atoms with Gasteiger partial charge < -0.3 is 18.9 Å². The highest BCUT2D eigenvalue weighted by molar-refractivity contribution is 5.71. The van der Waals surface area contributed by atoms with Crippen LogP contribution >= 0.6 is 0 Å². The Morgan fingerprint density at radius 1 is 1.22 bits per heavy atom. The number of aromatic nitrogens is 1. The highest BCUT2D eigenvalue weighted by Gasteiger charge is 2.32. The molecule has 1 unspecified atom stereocenters. The van der Waals surface area contributed by atoms with Crippen LogP contribution in [0.4, 0.5) is 4.39 Å². The molecular formula is C25H22FNO5. The van der Waals surface area contributed by atoms with Crippen molar-refractivity contribution >= 4 is 5.97 Å². The van der Waals surface area contributed by atoms with Crippen LogP contribution in [0, 0.1) is 5.82 Å². The Balaban J connectivity index is 1.35. The fourth-order valence-electron chi connectivity index (χ4n) is 4.32. The van der Waals surface area contributed by atoms with Crippen LogP contribution in [-0.2, 0) is 16.0 Å². The summed E-state index contributed by atoms with van der Waals surface area (Å²) >= 11 is 0. The van der Waals surface area contributed by atoms with E-state index in [9.17, 15) is 9.18 Å². The van der Waals surface area contributed by atoms with Crippen LogP contribution in [0.15, 0.2) is 54.7 Å². The normalized spacial score (nSPS) is 18.4. The molecule has 0 N–H and O–H groups in total. The van der Waals surface area contributed by atoms with E-state index >= 15 is 0 Å². The molecule has 0 fully saturated rings. The van der Waals surface area contributed by atoms with Crippen LogP contribution in [-0.4, -0.2) is 24.7 Å². The summed E-state index contributed by atoms with van der Waals surface area (Å²) in [5.41, 5.74) is 2.27. The van der Waals surface area contributed by atoms with Crippen LogP contribution < -0.4 is 14.2 Å². The number of hydrogen-bond donors (Lipinski definition) is 0. The van der Waals surface area contributed by atoms with E-state index in [0.29, 0.717) is 48.1 Å². The number of fused-ring (bicyclic) bond motifs is 2. The summed E-state index contributed by atoms with van der Waals surface area (Å²) in [5.74, 6) is 1.71. The second kappa shape index (κ2) is 8.49. The lowest BCUT2D eigenvalue weighted by Crippen LogP contribution is -2.09. The number of carbonyl (C=O) groups excluding carboxylic acids is 1. The maximum Gasteiger partial charge on any atom is 0.306 e. The smallest absolute Gasteiger partial charge is 0.306 e. The number of carbonyl (C=O) groups is 1. The van der Waals surface area contributed by atoms with Crippen molar-refractivity contribution < 1.29 is 28.1 Å². The van der Waals surface area contributed by atoms with Crippen LogP contribution in [0.3, 0.4) is 0 Å². The van der Waals surface area contributed by atoms with E-state index in [-0.39, 0.29) is 24.1 Å². The first-order valence-corrected chi connectivity index (χ1v) is 10.5. The molecule has 2 heterocycles. The van der Waals surface area contributed by atoms with E-state index in [2.05, 4.69) is 4.98 Å². The number of hydrogen-bond acceptors (Lipinski definition) is 6. The molecule has 0 saturated carbocycles. The molecule has 2 aromatic carbocycles. The van der Waals surface area contributed by atoms with Crippen molar-refractivity contribution in [2.45, 2.75) is 31.3 Å². The maximum atomic E-state index is 14.8. The molecule has 0 radical (unpaired) electrons. The quantitative estimate of drug-likeness (QED) is 0.501. The number of benzene rings is 2. The summed E-state index contributed by atoms with van der Waals surface area (Å²) < 4.78 is 37.3. The Kier molecular flexibility index (Phi) is 5.39. The zero-order valence-electron chi connectivity index (χ0n) is 17.5. The van der Waals surface area contributed by atoms with Crippen molar-refractivity contribution in [3.63, 3.8) is 0 Å². The van der Waals surface area contributed by atoms with Gasteiger partial charge in [-0.05, 0) is 37.1 Å². The van der Waals surface area contributed by atoms with Crippen molar-refractivity contribution in [2.75, 3.05) is 13.7 Å². The Hall–Kier alpha value is -3.61. The van der Waals surface area contributed by atoms with E-state index in [4.69, 9.17) is 18.9 Å². The summed E-state index contributed by atoms with van der Waals surface area (Å²) in [7, 11) is 1.38. The van der Waals surface area contributed by atoms with Crippen LogP contribution in [0.25, 0.3) is 0 Å². The molecule has 6 nitrogen and oxygen atoms in total. The van der Waals surface area contributed by atoms with Crippen molar-refractivity contribution in [2.24, 2.45) is 0 Å². The minimum absolute atomic E-state index is 0.0394. The fourth-order valence-corrected chi connectivity index (χ4v) is 4.32. The Bertz CT molecular complexity index is 1150. The zero-order chi connectivity index (χ0) is 22.1. The first kappa shape index (κ1) is 20.3. The number of ether oxygens (including phenoxy) is 4. The number of esters is 1. The average molecular weight is 435 g/mol. The molecule has 0 amide bonds. The van der Waals surface area contributed by atoms with Crippen molar-refractivity contribution in [1.29, 1.82) is 0 Å². The molecule has 0 bridgehead atoms. The van der Waals surface area contributed by atoms with E-state index in [1.807, 2.05) is 24.3 Å². The molecule has 1 aromatic heterocycles. The molecule has 5 rings (SSSR count). The van der Waals surface area contributed by atoms with E-state index in [1.165, 1.54) is 13.2 Å². The van der Waals surface area contributed by atoms with Crippen molar-refractivity contribution in [3.05, 3.63) is 77.2 Å². The van der Waals surface area contributed by atoms with Gasteiger partial charge in [0.1, 0.15) is 29.2 Å². The molecule has 1 aliphatic carbocycles. The first-order chi connectivity index (χ1) is 15.6. The maximum absolute atomic E-state index is 14.8. The van der Waals surface area contributed by atoms with E-state index < -0.39 is 6.10 Å². The third kappa shape index (κ3) is 3.86. The number of methoxy groups -OCH3 is 1. The summed E-state index contributed by atoms with van der Waals surface area (Å²) in [5, 5.41) is 0. The number of pyridine rings is 1. The van der Waals surface area contributed by atoms with Gasteiger partial charge in [0.05, 0.1) is 20.1 Å². The van der Waals surface area contributed by atoms with Gasteiger partial charge in [0.2, 0.25) is 5.88 Å². The van der Waals surface area contributed by atoms with Gasteiger partial charge in [-0.15, -0.1) is 0 Å². The monoisotopic (exact) mass is 435 g/mol. The predicted octanol–water partition coefficient (Wildman–Crippen LogP) is 5.12. The van der Waals surface area contributed by atoms with Gasteiger partial charge in [-0.1, -0.05) is 12.1 Å². The lowest BCUT2D eigenvalue weighted by molar-refractivity contribution is -0.141. The minimum Gasteiger partial charge on any atom is -0.492 e. The third-order valence-electron chi connectivity index (χ3n) is 5.88. The van der Waals surface area contributed by atoms with Gasteiger partial charge in [-0.2, -0.15) is 0 Å². The minimum atomic E-state index is -0.428. The van der Waals surface area contributed by atoms with E-state index in [0.717, 1.165) is 11.1 Å². The molecule has 2 aliphatic rings. The number of nitrogens with zero attached hydrogens (tertiary/aromatic N) is 1. The van der Waals surface area contributed by atoms with Gasteiger partial charge in [0, 0.05) is 40.9 Å². The molecule has 0 saturated heterocycles. The largest absolute Gasteiger partial charge is 0.492 e. The molecule has 3 aromatic rings. The summed E-state index contributed by atoms with van der Waals surface area (Å²) in [6.07, 6.45) is 2.77. The molecule has 1 aliphatic heterocycles. The highest BCUT2D eigenvalue weighted by atomic mass is 19.1. The van der Waals surface area contributed by atoms with Gasteiger partial charge in [0.25, 0.3) is 0 Å². The van der Waals surface area contributed by atoms with Crippen LogP contribution in [0.1, 0.15) is 41.6 Å². The zero-order valence-corrected chi connectivity index (χ0v) is 17.5. The lowest BCUT2D eigenvalue weighted by atomic mass is 9.98. The predicted molar refractivity (Wildman–Crippen MR) is 114 cm³/mol. The molecule has 0 spiro atoms. The van der Waals surface area contributed by atoms with Crippen molar-refractivity contribution in [3.8, 4) is 23.1 Å². The Morgan fingerprint density at radius 3 is 2.94 bits per heavy atom. The standard InChI is InChI=1S/C25H22FNO5/c1-29-24(28)12-15-14-30-22-13-16(5-6-17(15)22)31-21-9-7-18-20(10-8-19(26)25(18)21)32-23-4-2-3-11-27-23/h2-6,8,10-11,13,15,21H,7,9,12,14H2,1H3/t15?,21-/m1/s1. The summed E-state index contributed by atoms with van der Waals surface area (Å²) in [6.45, 7) is 0.420. The van der Waals surface area contributed by atoms with Gasteiger partial charge in [0.15, 0.2) is 0 Å². The molecule has 2 atom stereocenters. The lowest BCUT2D eigenvalue weighted by Gasteiger charge is -2.17. The summed E-state index contributed by atoms with van der Waals surface area (Å²) in [4.78, 5) is 15.8. The molecule has 32 heavy (non-hydrogen) atoms. The SMILES string of the molecule is COC(=O)CC1COc2cc(O[C@@H]3CCc4c(Oc5ccccn5)ccc(F)c43)ccc21.